The summed E-state index contributed by atoms with van der Waals surface area (Å²) >= 11 is 4.05. The molecule has 0 aliphatic carbocycles. The second-order valence-electron chi connectivity index (χ2n) is 3.28. The Balaban J connectivity index is 2.28. The van der Waals surface area contributed by atoms with Crippen molar-refractivity contribution in [3.8, 4) is 5.69 Å². The molecule has 0 fully saturated rings. The highest BCUT2D eigenvalue weighted by molar-refractivity contribution is 7.85. The second-order valence-corrected chi connectivity index (χ2v) is 5.14. The Bertz CT molecular complexity index is 620. The lowest BCUT2D eigenvalue weighted by atomic mass is 10.2. The van der Waals surface area contributed by atoms with E-state index in [-0.39, 0.29) is 0 Å². The number of hydrogen-bond donors (Lipinski definition) is 2. The van der Waals surface area contributed by atoms with E-state index >= 15 is 0 Å². The Kier molecular flexibility index (Phi) is 3.13. The molecule has 0 radical (unpaired) electrons. The van der Waals surface area contributed by atoms with Gasteiger partial charge in [0.1, 0.15) is 5.75 Å². The monoisotopic (exact) mass is 272 g/mol. The molecule has 0 atom stereocenters. The van der Waals surface area contributed by atoms with Gasteiger partial charge in [-0.1, -0.05) is 12.1 Å². The molecule has 9 heteroatoms. The summed E-state index contributed by atoms with van der Waals surface area (Å²) in [6, 6.07) is 6.41. The Morgan fingerprint density at radius 3 is 2.41 bits per heavy atom. The van der Waals surface area contributed by atoms with E-state index in [4.69, 9.17) is 4.55 Å². The second kappa shape index (κ2) is 4.43. The molecule has 0 spiro atoms. The summed E-state index contributed by atoms with van der Waals surface area (Å²) < 4.78 is 31.4. The van der Waals surface area contributed by atoms with Gasteiger partial charge >= 0.3 is 0 Å². The molecule has 2 rings (SSSR count). The number of hydrogen-bond acceptors (Lipinski definition) is 6. The molecule has 0 saturated heterocycles. The molecular formula is C8H8N4O3S2. The summed E-state index contributed by atoms with van der Waals surface area (Å²) in [5.41, 5.74) is 1.13. The van der Waals surface area contributed by atoms with Gasteiger partial charge in [0.2, 0.25) is 5.16 Å². The topological polar surface area (TPSA) is 98.0 Å². The molecule has 1 aromatic carbocycles. The number of rotatable bonds is 3. The maximum absolute atomic E-state index is 10.7. The molecule has 1 aromatic heterocycles. The molecule has 17 heavy (non-hydrogen) atoms. The van der Waals surface area contributed by atoms with E-state index in [1.807, 2.05) is 0 Å². The largest absolute Gasteiger partial charge is 0.285 e. The lowest BCUT2D eigenvalue weighted by Crippen LogP contribution is -2.02. The van der Waals surface area contributed by atoms with Crippen molar-refractivity contribution in [3.05, 3.63) is 29.8 Å². The number of benzene rings is 1. The van der Waals surface area contributed by atoms with Crippen LogP contribution in [-0.4, -0.2) is 33.2 Å². The number of nitrogens with zero attached hydrogens (tertiary/aromatic N) is 4. The third-order valence-corrected chi connectivity index (χ3v) is 2.96. The standard InChI is InChI=1S/C8H8N4O3S2/c13-17(14,15)5-6-1-3-7(4-2-6)12-8(16)9-10-11-12/h1-4H,5H2,(H,9,11,16)(H,13,14,15). The van der Waals surface area contributed by atoms with Gasteiger partial charge in [-0.2, -0.15) is 13.1 Å². The Hall–Kier alpha value is -1.45. The Morgan fingerprint density at radius 2 is 1.94 bits per heavy atom. The molecule has 1 heterocycles. The van der Waals surface area contributed by atoms with E-state index < -0.39 is 15.9 Å². The van der Waals surface area contributed by atoms with Crippen LogP contribution in [0.15, 0.2) is 29.4 Å². The van der Waals surface area contributed by atoms with Crippen LogP contribution in [0.3, 0.4) is 0 Å². The summed E-state index contributed by atoms with van der Waals surface area (Å²) in [4.78, 5) is 0. The SMILES string of the molecule is O=S(=O)(O)Cc1ccc(-n2nnnc2S)cc1. The summed E-state index contributed by atoms with van der Waals surface area (Å²) in [7, 11) is -4.01. The zero-order valence-corrected chi connectivity index (χ0v) is 10.1. The molecule has 0 unspecified atom stereocenters. The molecule has 7 nitrogen and oxygen atoms in total. The zero-order valence-electron chi connectivity index (χ0n) is 8.42. The lowest BCUT2D eigenvalue weighted by molar-refractivity contribution is 0.482. The third-order valence-electron chi connectivity index (χ3n) is 1.98. The Labute approximate surface area is 103 Å². The van der Waals surface area contributed by atoms with Gasteiger partial charge in [-0.15, -0.1) is 17.7 Å². The smallest absolute Gasteiger partial charge is 0.269 e. The van der Waals surface area contributed by atoms with Crippen molar-refractivity contribution in [3.63, 3.8) is 0 Å². The van der Waals surface area contributed by atoms with Gasteiger partial charge in [0, 0.05) is 0 Å². The van der Waals surface area contributed by atoms with Gasteiger partial charge in [0.15, 0.2) is 0 Å². The van der Waals surface area contributed by atoms with E-state index in [1.165, 1.54) is 4.68 Å². The first-order chi connectivity index (χ1) is 7.96. The molecule has 90 valence electrons. The van der Waals surface area contributed by atoms with E-state index in [0.29, 0.717) is 16.4 Å². The van der Waals surface area contributed by atoms with E-state index in [1.54, 1.807) is 24.3 Å². The maximum atomic E-state index is 10.7. The van der Waals surface area contributed by atoms with Gasteiger partial charge in [-0.3, -0.25) is 4.55 Å². The van der Waals surface area contributed by atoms with E-state index in [2.05, 4.69) is 28.2 Å². The van der Waals surface area contributed by atoms with Crippen molar-refractivity contribution < 1.29 is 13.0 Å². The van der Waals surface area contributed by atoms with Gasteiger partial charge in [0.05, 0.1) is 5.69 Å². The van der Waals surface area contributed by atoms with Crippen LogP contribution in [0.2, 0.25) is 0 Å². The van der Waals surface area contributed by atoms with Gasteiger partial charge in [-0.25, -0.2) is 0 Å². The normalized spacial score (nSPS) is 11.6. The van der Waals surface area contributed by atoms with Crippen molar-refractivity contribution in [1.82, 2.24) is 20.2 Å². The first-order valence-corrected chi connectivity index (χ1v) is 6.53. The lowest BCUT2D eigenvalue weighted by Gasteiger charge is -2.02. The summed E-state index contributed by atoms with van der Waals surface area (Å²) in [6.45, 7) is 0. The highest BCUT2D eigenvalue weighted by atomic mass is 32.2. The number of tetrazole rings is 1. The average Bonchev–Trinajstić information content (AvgIpc) is 2.63. The van der Waals surface area contributed by atoms with Crippen molar-refractivity contribution in [1.29, 1.82) is 0 Å². The van der Waals surface area contributed by atoms with Crippen molar-refractivity contribution in [2.75, 3.05) is 0 Å². The molecule has 2 aromatic rings. The molecule has 0 aliphatic rings. The summed E-state index contributed by atoms with van der Waals surface area (Å²) in [5, 5.41) is 11.1. The minimum atomic E-state index is -4.01. The molecule has 0 saturated carbocycles. The molecule has 0 aliphatic heterocycles. The van der Waals surface area contributed by atoms with Crippen molar-refractivity contribution in [2.24, 2.45) is 0 Å². The number of thiol groups is 1. The van der Waals surface area contributed by atoms with Gasteiger partial charge in [0.25, 0.3) is 10.1 Å². The fraction of sp³-hybridized carbons (Fsp3) is 0.125. The van der Waals surface area contributed by atoms with Crippen molar-refractivity contribution >= 4 is 22.7 Å². The maximum Gasteiger partial charge on any atom is 0.269 e. The minimum Gasteiger partial charge on any atom is -0.285 e. The van der Waals surface area contributed by atoms with Crippen LogP contribution in [0.5, 0.6) is 0 Å². The average molecular weight is 272 g/mol. The molecule has 1 N–H and O–H groups in total. The van der Waals surface area contributed by atoms with Crippen LogP contribution >= 0.6 is 12.6 Å². The highest BCUT2D eigenvalue weighted by Crippen LogP contribution is 2.13. The van der Waals surface area contributed by atoms with Crippen LogP contribution < -0.4 is 0 Å². The third kappa shape index (κ3) is 3.02. The summed E-state index contributed by atoms with van der Waals surface area (Å²) in [6.07, 6.45) is 0. The Morgan fingerprint density at radius 1 is 1.29 bits per heavy atom. The van der Waals surface area contributed by atoms with E-state index in [0.717, 1.165) is 0 Å². The number of aromatic nitrogens is 4. The molecule has 0 bridgehead atoms. The van der Waals surface area contributed by atoms with Gasteiger partial charge in [-0.05, 0) is 28.1 Å². The van der Waals surface area contributed by atoms with Crippen molar-refractivity contribution in [2.45, 2.75) is 10.9 Å². The van der Waals surface area contributed by atoms with Crippen LogP contribution in [-0.2, 0) is 15.9 Å². The first-order valence-electron chi connectivity index (χ1n) is 4.47. The quantitative estimate of drug-likeness (QED) is 0.617. The fourth-order valence-corrected chi connectivity index (χ4v) is 2.10. The van der Waals surface area contributed by atoms with Crippen LogP contribution in [0, 0.1) is 0 Å². The fourth-order valence-electron chi connectivity index (χ4n) is 1.29. The predicted molar refractivity (Wildman–Crippen MR) is 61.7 cm³/mol. The first kappa shape index (κ1) is 12.0. The summed E-state index contributed by atoms with van der Waals surface area (Å²) in [5.74, 6) is -0.420. The van der Waals surface area contributed by atoms with Crippen LogP contribution in [0.1, 0.15) is 5.56 Å². The predicted octanol–water partition coefficient (Wildman–Crippen LogP) is 0.339. The van der Waals surface area contributed by atoms with E-state index in [9.17, 15) is 8.42 Å². The van der Waals surface area contributed by atoms with Crippen LogP contribution in [0.4, 0.5) is 0 Å². The van der Waals surface area contributed by atoms with Crippen LogP contribution in [0.25, 0.3) is 5.69 Å². The van der Waals surface area contributed by atoms with Gasteiger partial charge < -0.3 is 0 Å². The molecule has 0 amide bonds. The highest BCUT2D eigenvalue weighted by Gasteiger charge is 2.08. The minimum absolute atomic E-state index is 0.326. The molecular weight excluding hydrogens is 264 g/mol. The zero-order chi connectivity index (χ0) is 12.5.